The van der Waals surface area contributed by atoms with Gasteiger partial charge >= 0.3 is 5.97 Å². The molecule has 0 aliphatic carbocycles. The van der Waals surface area contributed by atoms with Crippen LogP contribution in [0.15, 0.2) is 36.4 Å². The molecule has 0 spiro atoms. The largest absolute Gasteiger partial charge is 0.478 e. The molecule has 0 aliphatic heterocycles. The van der Waals surface area contributed by atoms with E-state index in [4.69, 9.17) is 10.4 Å². The van der Waals surface area contributed by atoms with Crippen LogP contribution in [0.4, 0.5) is 20.2 Å². The van der Waals surface area contributed by atoms with E-state index in [0.29, 0.717) is 11.3 Å². The first-order chi connectivity index (χ1) is 9.93. The van der Waals surface area contributed by atoms with E-state index in [-0.39, 0.29) is 5.69 Å². The van der Waals surface area contributed by atoms with Gasteiger partial charge in [0.1, 0.15) is 5.69 Å². The minimum absolute atomic E-state index is 0.349. The van der Waals surface area contributed by atoms with Crippen molar-refractivity contribution in [3.05, 3.63) is 59.2 Å². The third-order valence-electron chi connectivity index (χ3n) is 2.96. The van der Waals surface area contributed by atoms with Crippen LogP contribution >= 0.6 is 0 Å². The Labute approximate surface area is 119 Å². The van der Waals surface area contributed by atoms with Gasteiger partial charge in [0.15, 0.2) is 11.6 Å². The Balaban J connectivity index is 2.51. The maximum absolute atomic E-state index is 14.0. The fraction of sp³-hybridized carbons (Fsp3) is 0.0667. The van der Waals surface area contributed by atoms with Crippen LogP contribution in [-0.4, -0.2) is 18.1 Å². The van der Waals surface area contributed by atoms with Crippen molar-refractivity contribution in [2.45, 2.75) is 0 Å². The van der Waals surface area contributed by atoms with E-state index in [1.165, 1.54) is 18.0 Å². The molecule has 21 heavy (non-hydrogen) atoms. The van der Waals surface area contributed by atoms with Gasteiger partial charge in [0.05, 0.1) is 17.2 Å². The summed E-state index contributed by atoms with van der Waals surface area (Å²) in [6.45, 7) is 0. The molecule has 1 N–H and O–H groups in total. The monoisotopic (exact) mass is 288 g/mol. The number of carboxylic acid groups (broad SMARTS) is 1. The van der Waals surface area contributed by atoms with Crippen LogP contribution in [0.2, 0.25) is 0 Å². The Morgan fingerprint density at radius 3 is 2.38 bits per heavy atom. The first-order valence-corrected chi connectivity index (χ1v) is 5.90. The van der Waals surface area contributed by atoms with Gasteiger partial charge in [0.2, 0.25) is 0 Å². The van der Waals surface area contributed by atoms with E-state index in [1.807, 2.05) is 6.07 Å². The lowest BCUT2D eigenvalue weighted by molar-refractivity contribution is 0.0696. The average Bonchev–Trinajstić information content (AvgIpc) is 2.46. The van der Waals surface area contributed by atoms with Crippen molar-refractivity contribution in [2.75, 3.05) is 11.9 Å². The van der Waals surface area contributed by atoms with Gasteiger partial charge in [-0.05, 0) is 30.3 Å². The molecule has 4 nitrogen and oxygen atoms in total. The van der Waals surface area contributed by atoms with Crippen molar-refractivity contribution >= 4 is 17.3 Å². The number of nitriles is 1. The molecule has 0 aliphatic rings. The molecule has 6 heteroatoms. The summed E-state index contributed by atoms with van der Waals surface area (Å²) in [5.41, 5.74) is -0.0831. The van der Waals surface area contributed by atoms with Gasteiger partial charge in [-0.1, -0.05) is 6.07 Å². The first kappa shape index (κ1) is 14.5. The number of nitrogens with zero attached hydrogens (tertiary/aromatic N) is 2. The highest BCUT2D eigenvalue weighted by molar-refractivity contribution is 5.88. The Bertz CT molecular complexity index is 731. The maximum atomic E-state index is 14.0. The maximum Gasteiger partial charge on any atom is 0.335 e. The highest BCUT2D eigenvalue weighted by Crippen LogP contribution is 2.30. The third-order valence-corrected chi connectivity index (χ3v) is 2.96. The minimum atomic E-state index is -1.41. The molecule has 0 unspecified atom stereocenters. The zero-order valence-electron chi connectivity index (χ0n) is 11.0. The second kappa shape index (κ2) is 5.59. The van der Waals surface area contributed by atoms with E-state index in [2.05, 4.69) is 0 Å². The second-order valence-corrected chi connectivity index (χ2v) is 4.31. The molecule has 0 heterocycles. The van der Waals surface area contributed by atoms with E-state index in [9.17, 15) is 13.6 Å². The zero-order valence-corrected chi connectivity index (χ0v) is 11.0. The van der Waals surface area contributed by atoms with Crippen molar-refractivity contribution in [2.24, 2.45) is 0 Å². The van der Waals surface area contributed by atoms with E-state index < -0.39 is 23.2 Å². The first-order valence-electron chi connectivity index (χ1n) is 5.90. The standard InChI is InChI=1S/C15H10F2N2O2/c1-19(11-4-2-3-9(5-11)8-18)14-12(16)6-10(15(20)21)7-13(14)17/h2-7H,1H3,(H,20,21). The molecular weight excluding hydrogens is 278 g/mol. The molecule has 2 rings (SSSR count). The summed E-state index contributed by atoms with van der Waals surface area (Å²) < 4.78 is 28.0. The number of carboxylic acids is 1. The molecule has 106 valence electrons. The molecule has 2 aromatic carbocycles. The number of aromatic carboxylic acids is 1. The summed E-state index contributed by atoms with van der Waals surface area (Å²) in [5, 5.41) is 17.6. The molecule has 2 aromatic rings. The molecule has 0 fully saturated rings. The molecule has 0 amide bonds. The van der Waals surface area contributed by atoms with Crippen LogP contribution in [0.5, 0.6) is 0 Å². The molecule has 0 saturated heterocycles. The van der Waals surface area contributed by atoms with Gasteiger partial charge in [0, 0.05) is 12.7 Å². The highest BCUT2D eigenvalue weighted by Gasteiger charge is 2.19. The summed E-state index contributed by atoms with van der Waals surface area (Å²) in [4.78, 5) is 12.0. The number of benzene rings is 2. The molecular formula is C15H10F2N2O2. The van der Waals surface area contributed by atoms with Crippen LogP contribution in [0.3, 0.4) is 0 Å². The number of rotatable bonds is 3. The van der Waals surface area contributed by atoms with Gasteiger partial charge < -0.3 is 10.0 Å². The summed E-state index contributed by atoms with van der Waals surface area (Å²) >= 11 is 0. The SMILES string of the molecule is CN(c1cccc(C#N)c1)c1c(F)cc(C(=O)O)cc1F. The third kappa shape index (κ3) is 2.82. The zero-order chi connectivity index (χ0) is 15.6. The van der Waals surface area contributed by atoms with Crippen molar-refractivity contribution < 1.29 is 18.7 Å². The van der Waals surface area contributed by atoms with Gasteiger partial charge in [-0.2, -0.15) is 5.26 Å². The Morgan fingerprint density at radius 1 is 1.24 bits per heavy atom. The second-order valence-electron chi connectivity index (χ2n) is 4.31. The lowest BCUT2D eigenvalue weighted by Crippen LogP contribution is -2.14. The number of carbonyl (C=O) groups is 1. The van der Waals surface area contributed by atoms with E-state index in [1.54, 1.807) is 18.2 Å². The normalized spacial score (nSPS) is 10.0. The summed E-state index contributed by atoms with van der Waals surface area (Å²) in [5.74, 6) is -3.39. The van der Waals surface area contributed by atoms with E-state index >= 15 is 0 Å². The lowest BCUT2D eigenvalue weighted by Gasteiger charge is -2.21. The van der Waals surface area contributed by atoms with Crippen molar-refractivity contribution in [3.63, 3.8) is 0 Å². The highest BCUT2D eigenvalue weighted by atomic mass is 19.1. The smallest absolute Gasteiger partial charge is 0.335 e. The Morgan fingerprint density at radius 2 is 1.86 bits per heavy atom. The van der Waals surface area contributed by atoms with Crippen molar-refractivity contribution in [1.82, 2.24) is 0 Å². The summed E-state index contributed by atoms with van der Waals surface area (Å²) in [6, 6.07) is 9.67. The van der Waals surface area contributed by atoms with Crippen molar-refractivity contribution in [3.8, 4) is 6.07 Å². The van der Waals surface area contributed by atoms with E-state index in [0.717, 1.165) is 12.1 Å². The van der Waals surface area contributed by atoms with Gasteiger partial charge in [-0.25, -0.2) is 13.6 Å². The van der Waals surface area contributed by atoms with Gasteiger partial charge in [-0.3, -0.25) is 0 Å². The summed E-state index contributed by atoms with van der Waals surface area (Å²) in [7, 11) is 1.43. The quantitative estimate of drug-likeness (QED) is 0.941. The Kier molecular flexibility index (Phi) is 3.85. The van der Waals surface area contributed by atoms with Gasteiger partial charge in [-0.15, -0.1) is 0 Å². The van der Waals surface area contributed by atoms with Crippen LogP contribution in [0, 0.1) is 23.0 Å². The van der Waals surface area contributed by atoms with Crippen molar-refractivity contribution in [1.29, 1.82) is 5.26 Å². The number of hydrogen-bond donors (Lipinski definition) is 1. The van der Waals surface area contributed by atoms with Crippen LogP contribution in [-0.2, 0) is 0 Å². The number of hydrogen-bond acceptors (Lipinski definition) is 3. The number of halogens is 2. The fourth-order valence-electron chi connectivity index (χ4n) is 1.92. The Hall–Kier alpha value is -2.94. The fourth-order valence-corrected chi connectivity index (χ4v) is 1.92. The van der Waals surface area contributed by atoms with Crippen LogP contribution < -0.4 is 4.90 Å². The molecule has 0 radical (unpaired) electrons. The van der Waals surface area contributed by atoms with Gasteiger partial charge in [0.25, 0.3) is 0 Å². The van der Waals surface area contributed by atoms with Crippen LogP contribution in [0.25, 0.3) is 0 Å². The molecule has 0 atom stereocenters. The average molecular weight is 288 g/mol. The van der Waals surface area contributed by atoms with Crippen LogP contribution in [0.1, 0.15) is 15.9 Å². The predicted molar refractivity (Wildman–Crippen MR) is 72.5 cm³/mol. The lowest BCUT2D eigenvalue weighted by atomic mass is 10.1. The minimum Gasteiger partial charge on any atom is -0.478 e. The molecule has 0 aromatic heterocycles. The molecule has 0 bridgehead atoms. The topological polar surface area (TPSA) is 64.3 Å². The summed E-state index contributed by atoms with van der Waals surface area (Å²) in [6.07, 6.45) is 0. The predicted octanol–water partition coefficient (Wildman–Crippen LogP) is 3.30. The number of anilines is 2. The molecule has 0 saturated carbocycles.